The van der Waals surface area contributed by atoms with Crippen molar-refractivity contribution in [2.24, 2.45) is 0 Å². The van der Waals surface area contributed by atoms with Crippen molar-refractivity contribution >= 4 is 11.9 Å². The molecule has 0 unspecified atom stereocenters. The molecule has 1 atom stereocenters. The lowest BCUT2D eigenvalue weighted by Gasteiger charge is -2.27. The number of aryl methyl sites for hydroxylation is 1. The van der Waals surface area contributed by atoms with Crippen LogP contribution in [-0.4, -0.2) is 53.0 Å². The summed E-state index contributed by atoms with van der Waals surface area (Å²) in [5, 5.41) is 0. The molecule has 7 heteroatoms. The maximum absolute atomic E-state index is 13.1. The van der Waals surface area contributed by atoms with Gasteiger partial charge in [-0.1, -0.05) is 18.2 Å². The topological polar surface area (TPSA) is 71.5 Å². The number of nitrogens with zero attached hydrogens (tertiary/aromatic N) is 5. The van der Waals surface area contributed by atoms with Crippen molar-refractivity contribution in [3.8, 4) is 16.9 Å². The second kappa shape index (κ2) is 9.12. The van der Waals surface area contributed by atoms with Gasteiger partial charge in [-0.2, -0.15) is 0 Å². The maximum atomic E-state index is 13.1. The highest BCUT2D eigenvalue weighted by molar-refractivity contribution is 5.79. The van der Waals surface area contributed by atoms with E-state index in [0.717, 1.165) is 35.2 Å². The highest BCUT2D eigenvalue weighted by Crippen LogP contribution is 2.37. The van der Waals surface area contributed by atoms with E-state index in [1.54, 1.807) is 6.20 Å². The van der Waals surface area contributed by atoms with E-state index in [1.165, 1.54) is 0 Å². The third kappa shape index (κ3) is 4.50. The Balaban J connectivity index is 1.65. The summed E-state index contributed by atoms with van der Waals surface area (Å²) in [7, 11) is 3.84. The van der Waals surface area contributed by atoms with Gasteiger partial charge in [0.2, 0.25) is 5.95 Å². The summed E-state index contributed by atoms with van der Waals surface area (Å²) >= 11 is 0. The molecule has 3 heterocycles. The predicted molar refractivity (Wildman–Crippen MR) is 120 cm³/mol. The summed E-state index contributed by atoms with van der Waals surface area (Å²) < 4.78 is 5.72. The lowest BCUT2D eigenvalue weighted by molar-refractivity contribution is -0.134. The van der Waals surface area contributed by atoms with Crippen molar-refractivity contribution in [2.75, 3.05) is 32.1 Å². The van der Waals surface area contributed by atoms with Crippen LogP contribution < -0.4 is 9.64 Å². The molecule has 0 radical (unpaired) electrons. The first kappa shape index (κ1) is 20.8. The fraction of sp³-hybridized carbons (Fsp3) is 0.333. The molecule has 4 rings (SSSR count). The monoisotopic (exact) mass is 417 g/mol. The van der Waals surface area contributed by atoms with Crippen LogP contribution in [0.5, 0.6) is 5.75 Å². The Kier molecular flexibility index (Phi) is 6.11. The molecule has 31 heavy (non-hydrogen) atoms. The molecule has 0 saturated carbocycles. The van der Waals surface area contributed by atoms with Crippen LogP contribution in [0, 0.1) is 6.92 Å². The van der Waals surface area contributed by atoms with E-state index in [2.05, 4.69) is 9.97 Å². The number of pyridine rings is 1. The van der Waals surface area contributed by atoms with Gasteiger partial charge in [-0.05, 0) is 49.1 Å². The summed E-state index contributed by atoms with van der Waals surface area (Å²) in [5.41, 5.74) is 3.90. The van der Waals surface area contributed by atoms with E-state index in [1.807, 2.05) is 79.6 Å². The van der Waals surface area contributed by atoms with Crippen molar-refractivity contribution in [1.29, 1.82) is 0 Å². The second-order valence-corrected chi connectivity index (χ2v) is 7.90. The molecule has 3 aromatic rings. The maximum Gasteiger partial charge on any atom is 0.261 e. The highest BCUT2D eigenvalue weighted by Gasteiger charge is 2.33. The summed E-state index contributed by atoms with van der Waals surface area (Å²) in [6.07, 6.45) is 7.26. The predicted octanol–water partition coefficient (Wildman–Crippen LogP) is 3.66. The van der Waals surface area contributed by atoms with Crippen LogP contribution in [0.1, 0.15) is 30.1 Å². The van der Waals surface area contributed by atoms with Gasteiger partial charge in [0, 0.05) is 44.8 Å². The highest BCUT2D eigenvalue weighted by atomic mass is 16.5. The summed E-state index contributed by atoms with van der Waals surface area (Å²) in [4.78, 5) is 30.5. The molecule has 0 bridgehead atoms. The molecule has 1 aromatic carbocycles. The molecule has 1 saturated heterocycles. The van der Waals surface area contributed by atoms with Crippen LogP contribution in [0.3, 0.4) is 0 Å². The summed E-state index contributed by atoms with van der Waals surface area (Å²) in [6.45, 7) is 2.73. The average Bonchev–Trinajstić information content (AvgIpc) is 3.28. The number of benzene rings is 1. The van der Waals surface area contributed by atoms with E-state index >= 15 is 0 Å². The third-order valence-electron chi connectivity index (χ3n) is 5.51. The number of rotatable bonds is 6. The molecule has 1 aliphatic heterocycles. The Hall–Kier alpha value is -3.48. The number of carbonyl (C=O) groups excluding carboxylic acids is 1. The van der Waals surface area contributed by atoms with Crippen LogP contribution in [0.25, 0.3) is 11.1 Å². The molecular weight excluding hydrogens is 390 g/mol. The van der Waals surface area contributed by atoms with Crippen LogP contribution in [0.15, 0.2) is 55.0 Å². The number of amides is 1. The first-order chi connectivity index (χ1) is 15.0. The van der Waals surface area contributed by atoms with Crippen molar-refractivity contribution in [1.82, 2.24) is 19.9 Å². The Morgan fingerprint density at radius 2 is 1.97 bits per heavy atom. The minimum absolute atomic E-state index is 0.00968. The van der Waals surface area contributed by atoms with E-state index in [-0.39, 0.29) is 18.6 Å². The number of ether oxygens (including phenoxy) is 1. The van der Waals surface area contributed by atoms with Gasteiger partial charge in [0.25, 0.3) is 5.91 Å². The molecule has 1 amide bonds. The second-order valence-electron chi connectivity index (χ2n) is 7.90. The molecule has 2 aromatic heterocycles. The number of anilines is 1. The van der Waals surface area contributed by atoms with E-state index in [4.69, 9.17) is 9.72 Å². The number of aromatic nitrogens is 3. The third-order valence-corrected chi connectivity index (χ3v) is 5.51. The Bertz CT molecular complexity index is 1050. The van der Waals surface area contributed by atoms with Gasteiger partial charge < -0.3 is 14.5 Å². The van der Waals surface area contributed by atoms with Crippen LogP contribution in [-0.2, 0) is 4.79 Å². The molecular formula is C24H27N5O2. The number of para-hydroxylation sites is 1. The first-order valence-electron chi connectivity index (χ1n) is 10.5. The minimum Gasteiger partial charge on any atom is -0.484 e. The lowest BCUT2D eigenvalue weighted by Crippen LogP contribution is -2.35. The standard InChI is InChI=1S/C24H27N5O2/c1-17-14-25-12-11-19(17)20-15-26-24(28(2)3)27-23(20)21-10-7-13-29(21)22(30)16-31-18-8-5-4-6-9-18/h4-6,8-9,11-12,14-15,21H,7,10,13,16H2,1-3H3/t21-/m0/s1. The van der Waals surface area contributed by atoms with Gasteiger partial charge in [0.15, 0.2) is 6.61 Å². The minimum atomic E-state index is -0.115. The zero-order chi connectivity index (χ0) is 21.8. The fourth-order valence-corrected chi connectivity index (χ4v) is 3.93. The van der Waals surface area contributed by atoms with Crippen molar-refractivity contribution in [2.45, 2.75) is 25.8 Å². The Morgan fingerprint density at radius 1 is 1.16 bits per heavy atom. The molecule has 0 spiro atoms. The van der Waals surface area contributed by atoms with Gasteiger partial charge in [-0.25, -0.2) is 9.97 Å². The fourth-order valence-electron chi connectivity index (χ4n) is 3.93. The van der Waals surface area contributed by atoms with E-state index in [9.17, 15) is 4.79 Å². The quantitative estimate of drug-likeness (QED) is 0.610. The van der Waals surface area contributed by atoms with Crippen molar-refractivity contribution in [3.05, 3.63) is 66.2 Å². The lowest BCUT2D eigenvalue weighted by atomic mass is 9.98. The van der Waals surface area contributed by atoms with Gasteiger partial charge in [0.1, 0.15) is 5.75 Å². The number of likely N-dealkylation sites (tertiary alicyclic amines) is 1. The van der Waals surface area contributed by atoms with Crippen LogP contribution in [0.2, 0.25) is 0 Å². The molecule has 1 aliphatic rings. The molecule has 1 fully saturated rings. The van der Waals surface area contributed by atoms with Gasteiger partial charge in [-0.3, -0.25) is 9.78 Å². The summed E-state index contributed by atoms with van der Waals surface area (Å²) in [6, 6.07) is 11.3. The average molecular weight is 418 g/mol. The number of hydrogen-bond acceptors (Lipinski definition) is 6. The van der Waals surface area contributed by atoms with Crippen LogP contribution >= 0.6 is 0 Å². The Labute approximate surface area is 182 Å². The molecule has 160 valence electrons. The van der Waals surface area contributed by atoms with Crippen molar-refractivity contribution in [3.63, 3.8) is 0 Å². The van der Waals surface area contributed by atoms with Gasteiger partial charge >= 0.3 is 0 Å². The van der Waals surface area contributed by atoms with Gasteiger partial charge in [0.05, 0.1) is 11.7 Å². The van der Waals surface area contributed by atoms with Gasteiger partial charge in [-0.15, -0.1) is 0 Å². The Morgan fingerprint density at radius 3 is 2.71 bits per heavy atom. The molecule has 0 aliphatic carbocycles. The normalized spacial score (nSPS) is 15.7. The number of carbonyl (C=O) groups is 1. The number of hydrogen-bond donors (Lipinski definition) is 0. The largest absolute Gasteiger partial charge is 0.484 e. The smallest absolute Gasteiger partial charge is 0.261 e. The van der Waals surface area contributed by atoms with Crippen molar-refractivity contribution < 1.29 is 9.53 Å². The molecule has 0 N–H and O–H groups in total. The molecule has 7 nitrogen and oxygen atoms in total. The van der Waals surface area contributed by atoms with E-state index in [0.29, 0.717) is 18.2 Å². The first-order valence-corrected chi connectivity index (χ1v) is 10.5. The zero-order valence-corrected chi connectivity index (χ0v) is 18.2. The summed E-state index contributed by atoms with van der Waals surface area (Å²) in [5.74, 6) is 1.29. The zero-order valence-electron chi connectivity index (χ0n) is 18.2. The van der Waals surface area contributed by atoms with E-state index < -0.39 is 0 Å². The van der Waals surface area contributed by atoms with Crippen LogP contribution in [0.4, 0.5) is 5.95 Å². The SMILES string of the molecule is Cc1cnccc1-c1cnc(N(C)C)nc1[C@@H]1CCCN1C(=O)COc1ccccc1.